The number of anilines is 1. The van der Waals surface area contributed by atoms with Gasteiger partial charge in [0.2, 0.25) is 0 Å². The van der Waals surface area contributed by atoms with Crippen LogP contribution >= 0.6 is 11.8 Å². The maximum atomic E-state index is 13.8. The third kappa shape index (κ3) is 6.21. The molecule has 1 unspecified atom stereocenters. The first-order valence-electron chi connectivity index (χ1n) is 14.6. The normalized spacial score (nSPS) is 22.0. The molecule has 0 radical (unpaired) electrons. The lowest BCUT2D eigenvalue weighted by Gasteiger charge is -2.42. The Morgan fingerprint density at radius 1 is 0.974 bits per heavy atom. The molecule has 2 aliphatic heterocycles. The van der Waals surface area contributed by atoms with E-state index in [4.69, 9.17) is 4.98 Å². The number of thioether (sulfide) groups is 1. The predicted octanol–water partition coefficient (Wildman–Crippen LogP) is 5.55. The van der Waals surface area contributed by atoms with Crippen LogP contribution in [0.3, 0.4) is 0 Å². The fourth-order valence-electron chi connectivity index (χ4n) is 6.62. The van der Waals surface area contributed by atoms with Crippen molar-refractivity contribution in [3.63, 3.8) is 0 Å². The smallest absolute Gasteiger partial charge is 0.257 e. The molecule has 1 atom stereocenters. The van der Waals surface area contributed by atoms with Crippen LogP contribution in [0.5, 0.6) is 0 Å². The zero-order valence-corrected chi connectivity index (χ0v) is 24.0. The van der Waals surface area contributed by atoms with Crippen LogP contribution in [0.15, 0.2) is 41.3 Å². The molecule has 38 heavy (non-hydrogen) atoms. The molecule has 1 saturated carbocycles. The van der Waals surface area contributed by atoms with Gasteiger partial charge in [-0.1, -0.05) is 31.4 Å². The van der Waals surface area contributed by atoms with Gasteiger partial charge in [0.1, 0.15) is 5.82 Å². The second-order valence-electron chi connectivity index (χ2n) is 11.4. The van der Waals surface area contributed by atoms with Crippen molar-refractivity contribution >= 4 is 23.5 Å². The van der Waals surface area contributed by atoms with Crippen LogP contribution < -0.4 is 4.90 Å². The second kappa shape index (κ2) is 12.8. The molecule has 7 heteroatoms. The van der Waals surface area contributed by atoms with E-state index in [1.165, 1.54) is 30.6 Å². The van der Waals surface area contributed by atoms with E-state index in [2.05, 4.69) is 40.3 Å². The van der Waals surface area contributed by atoms with Crippen molar-refractivity contribution < 1.29 is 9.90 Å². The molecule has 2 saturated heterocycles. The summed E-state index contributed by atoms with van der Waals surface area (Å²) in [6.07, 6.45) is 12.4. The van der Waals surface area contributed by atoms with Crippen LogP contribution in [0.1, 0.15) is 68.1 Å². The zero-order chi connectivity index (χ0) is 26.5. The quantitative estimate of drug-likeness (QED) is 0.469. The number of aromatic nitrogens is 1. The molecule has 1 N–H and O–H groups in total. The number of piperidine rings is 2. The van der Waals surface area contributed by atoms with Gasteiger partial charge in [0.05, 0.1) is 11.3 Å². The van der Waals surface area contributed by atoms with E-state index in [-0.39, 0.29) is 5.91 Å². The number of carbonyl (C=O) groups excluding carboxylic acids is 1. The van der Waals surface area contributed by atoms with Crippen molar-refractivity contribution in [3.8, 4) is 11.3 Å². The van der Waals surface area contributed by atoms with E-state index < -0.39 is 0 Å². The topological polar surface area (TPSA) is 59.9 Å². The Morgan fingerprint density at radius 3 is 2.39 bits per heavy atom. The van der Waals surface area contributed by atoms with Gasteiger partial charge in [0.25, 0.3) is 5.91 Å². The van der Waals surface area contributed by atoms with Gasteiger partial charge in [-0.3, -0.25) is 9.69 Å². The van der Waals surface area contributed by atoms with E-state index in [0.717, 1.165) is 80.9 Å². The van der Waals surface area contributed by atoms with E-state index >= 15 is 0 Å². The highest BCUT2D eigenvalue weighted by atomic mass is 32.2. The van der Waals surface area contributed by atoms with Crippen LogP contribution in [0.2, 0.25) is 0 Å². The average Bonchev–Trinajstić information content (AvgIpc) is 3.00. The average molecular weight is 537 g/mol. The minimum Gasteiger partial charge on any atom is -0.396 e. The summed E-state index contributed by atoms with van der Waals surface area (Å²) < 4.78 is 0. The van der Waals surface area contributed by atoms with E-state index in [9.17, 15) is 9.90 Å². The van der Waals surface area contributed by atoms with E-state index in [1.807, 2.05) is 24.1 Å². The lowest BCUT2D eigenvalue weighted by molar-refractivity contribution is 0.0695. The first kappa shape index (κ1) is 27.5. The third-order valence-electron chi connectivity index (χ3n) is 9.02. The number of amides is 1. The minimum atomic E-state index is 0.104. The number of nitrogens with zero attached hydrogens (tertiary/aromatic N) is 4. The molecular formula is C31H44N4O2S. The van der Waals surface area contributed by atoms with Crippen LogP contribution in [0.25, 0.3) is 11.3 Å². The Balaban J connectivity index is 1.38. The minimum absolute atomic E-state index is 0.104. The number of hydrogen-bond donors (Lipinski definition) is 1. The second-order valence-corrected chi connectivity index (χ2v) is 12.3. The van der Waals surface area contributed by atoms with Gasteiger partial charge in [-0.05, 0) is 81.5 Å². The number of pyridine rings is 1. The molecule has 1 amide bonds. The Bertz CT molecular complexity index is 1060. The van der Waals surface area contributed by atoms with Crippen molar-refractivity contribution in [2.24, 2.45) is 5.92 Å². The third-order valence-corrected chi connectivity index (χ3v) is 9.77. The maximum absolute atomic E-state index is 13.8. The van der Waals surface area contributed by atoms with Crippen molar-refractivity contribution in [1.82, 2.24) is 14.8 Å². The number of carbonyl (C=O) groups is 1. The Hall–Kier alpha value is -2.09. The monoisotopic (exact) mass is 536 g/mol. The van der Waals surface area contributed by atoms with Gasteiger partial charge in [0.15, 0.2) is 0 Å². The number of aliphatic hydroxyl groups is 1. The molecule has 3 aliphatic rings. The summed E-state index contributed by atoms with van der Waals surface area (Å²) in [5.41, 5.74) is 2.75. The fraction of sp³-hybridized carbons (Fsp3) is 0.613. The largest absolute Gasteiger partial charge is 0.396 e. The summed E-state index contributed by atoms with van der Waals surface area (Å²) >= 11 is 1.74. The maximum Gasteiger partial charge on any atom is 0.257 e. The number of rotatable bonds is 7. The molecule has 5 rings (SSSR count). The van der Waals surface area contributed by atoms with Crippen molar-refractivity contribution in [2.45, 2.75) is 74.8 Å². The van der Waals surface area contributed by atoms with Crippen molar-refractivity contribution in [2.75, 3.05) is 51.0 Å². The summed E-state index contributed by atoms with van der Waals surface area (Å²) in [4.78, 5) is 27.2. The van der Waals surface area contributed by atoms with Crippen LogP contribution in [0.4, 0.5) is 5.82 Å². The fourth-order valence-corrected chi connectivity index (χ4v) is 7.03. The standard InChI is InChI=1S/C31H44N4O2S/c1-33(25-8-4-3-5-9-25)31(37)28-14-15-29(24-10-12-27(38-2)13-11-24)32-30(28)34-19-16-26(17-20-34)35-18-6-7-23(21-35)22-36/h10-15,23,25-26,36H,3-9,16-22H2,1-2H3. The molecule has 1 aromatic carbocycles. The van der Waals surface area contributed by atoms with Crippen molar-refractivity contribution in [1.29, 1.82) is 0 Å². The predicted molar refractivity (Wildman–Crippen MR) is 157 cm³/mol. The molecule has 206 valence electrons. The molecule has 1 aliphatic carbocycles. The molecule has 3 fully saturated rings. The number of likely N-dealkylation sites (tertiary alicyclic amines) is 1. The van der Waals surface area contributed by atoms with Crippen LogP contribution in [0, 0.1) is 5.92 Å². The molecule has 1 aromatic heterocycles. The molecular weight excluding hydrogens is 492 g/mol. The van der Waals surface area contributed by atoms with Crippen LogP contribution in [-0.4, -0.2) is 84.0 Å². The van der Waals surface area contributed by atoms with E-state index in [0.29, 0.717) is 24.6 Å². The highest BCUT2D eigenvalue weighted by Gasteiger charge is 2.32. The van der Waals surface area contributed by atoms with Gasteiger partial charge >= 0.3 is 0 Å². The lowest BCUT2D eigenvalue weighted by atomic mass is 9.93. The van der Waals surface area contributed by atoms with Crippen LogP contribution in [-0.2, 0) is 0 Å². The summed E-state index contributed by atoms with van der Waals surface area (Å²) in [5, 5.41) is 9.69. The van der Waals surface area contributed by atoms with Gasteiger partial charge < -0.3 is 14.9 Å². The highest BCUT2D eigenvalue weighted by molar-refractivity contribution is 7.98. The SMILES string of the molecule is CSc1ccc(-c2ccc(C(=O)N(C)C3CCCCC3)c(N3CCC(N4CCCC(CO)C4)CC3)n2)cc1. The molecule has 0 bridgehead atoms. The van der Waals surface area contributed by atoms with Gasteiger partial charge in [0, 0.05) is 55.8 Å². The Morgan fingerprint density at radius 2 is 1.71 bits per heavy atom. The van der Waals surface area contributed by atoms with Gasteiger partial charge in [-0.15, -0.1) is 11.8 Å². The van der Waals surface area contributed by atoms with E-state index in [1.54, 1.807) is 11.8 Å². The molecule has 2 aromatic rings. The summed E-state index contributed by atoms with van der Waals surface area (Å²) in [6, 6.07) is 13.5. The number of aliphatic hydroxyl groups excluding tert-OH is 1. The van der Waals surface area contributed by atoms with Gasteiger partial charge in [-0.2, -0.15) is 0 Å². The summed E-state index contributed by atoms with van der Waals surface area (Å²) in [6.45, 7) is 4.25. The summed E-state index contributed by atoms with van der Waals surface area (Å²) in [5.74, 6) is 1.36. The first-order valence-corrected chi connectivity index (χ1v) is 15.8. The number of hydrogen-bond acceptors (Lipinski definition) is 6. The van der Waals surface area contributed by atoms with Crippen molar-refractivity contribution in [3.05, 3.63) is 42.0 Å². The molecule has 3 heterocycles. The first-order chi connectivity index (χ1) is 18.6. The molecule has 6 nitrogen and oxygen atoms in total. The number of benzene rings is 1. The summed E-state index contributed by atoms with van der Waals surface area (Å²) in [7, 11) is 1.98. The van der Waals surface area contributed by atoms with Gasteiger partial charge in [-0.25, -0.2) is 4.98 Å². The highest BCUT2D eigenvalue weighted by Crippen LogP contribution is 2.32. The lowest BCUT2D eigenvalue weighted by Crippen LogP contribution is -2.49. The molecule has 0 spiro atoms. The Labute approximate surface area is 232 Å². The Kier molecular flexibility index (Phi) is 9.29. The zero-order valence-electron chi connectivity index (χ0n) is 23.1.